The molecule has 0 aliphatic carbocycles. The van der Waals surface area contributed by atoms with Crippen LogP contribution >= 0.6 is 11.3 Å². The molecule has 0 saturated heterocycles. The fourth-order valence-electron chi connectivity index (χ4n) is 3.17. The molecule has 2 aromatic rings. The van der Waals surface area contributed by atoms with Gasteiger partial charge in [-0.3, -0.25) is 4.79 Å². The van der Waals surface area contributed by atoms with Crippen molar-refractivity contribution >= 4 is 22.2 Å². The number of fused-ring (bicyclic) bond motifs is 3. The summed E-state index contributed by atoms with van der Waals surface area (Å²) in [6, 6.07) is 6.92. The third-order valence-electron chi connectivity index (χ3n) is 4.36. The van der Waals surface area contributed by atoms with E-state index in [9.17, 15) is 9.90 Å². The predicted molar refractivity (Wildman–Crippen MR) is 85.4 cm³/mol. The van der Waals surface area contributed by atoms with Crippen molar-refractivity contribution in [2.75, 3.05) is 18.9 Å². The minimum atomic E-state index is -0.245. The SMILES string of the molecule is C[NH+]1CCc2c(sc3c2C(=O)N[C@@H](c2ccc(O)cc2)N3)C1. The molecule has 0 saturated carbocycles. The molecule has 0 spiro atoms. The average molecular weight is 316 g/mol. The Morgan fingerprint density at radius 2 is 2.05 bits per heavy atom. The van der Waals surface area contributed by atoms with Crippen molar-refractivity contribution in [2.45, 2.75) is 19.1 Å². The molecule has 2 aliphatic rings. The van der Waals surface area contributed by atoms with Crippen LogP contribution in [0.1, 0.15) is 32.5 Å². The Hall–Kier alpha value is -2.05. The second-order valence-electron chi connectivity index (χ2n) is 5.98. The van der Waals surface area contributed by atoms with Crippen LogP contribution in [0.15, 0.2) is 24.3 Å². The summed E-state index contributed by atoms with van der Waals surface area (Å²) in [6.07, 6.45) is 0.720. The van der Waals surface area contributed by atoms with Gasteiger partial charge in [-0.05, 0) is 23.3 Å². The number of phenolic OH excluding ortho intramolecular Hbond substituents is 1. The van der Waals surface area contributed by atoms with E-state index in [1.807, 2.05) is 12.1 Å². The molecule has 1 amide bonds. The third-order valence-corrected chi connectivity index (χ3v) is 5.52. The summed E-state index contributed by atoms with van der Waals surface area (Å²) in [5, 5.41) is 16.8. The number of likely N-dealkylation sites (N-methyl/N-ethyl adjacent to an activating group) is 1. The lowest BCUT2D eigenvalue weighted by Gasteiger charge is -2.27. The van der Waals surface area contributed by atoms with Crippen molar-refractivity contribution in [1.82, 2.24) is 5.32 Å². The first-order chi connectivity index (χ1) is 10.6. The van der Waals surface area contributed by atoms with E-state index >= 15 is 0 Å². The van der Waals surface area contributed by atoms with Gasteiger partial charge >= 0.3 is 0 Å². The molecule has 2 atom stereocenters. The largest absolute Gasteiger partial charge is 0.508 e. The molecular formula is C16H18N3O2S+. The van der Waals surface area contributed by atoms with E-state index in [-0.39, 0.29) is 17.8 Å². The van der Waals surface area contributed by atoms with Crippen LogP contribution in [-0.4, -0.2) is 24.6 Å². The fraction of sp³-hybridized carbons (Fsp3) is 0.312. The molecule has 6 heteroatoms. The zero-order chi connectivity index (χ0) is 15.3. The van der Waals surface area contributed by atoms with Gasteiger partial charge in [0.1, 0.15) is 23.5 Å². The van der Waals surface area contributed by atoms with E-state index in [0.717, 1.165) is 35.6 Å². The van der Waals surface area contributed by atoms with Gasteiger partial charge in [0.2, 0.25) is 0 Å². The normalized spacial score (nSPS) is 23.2. The zero-order valence-electron chi connectivity index (χ0n) is 12.3. The highest BCUT2D eigenvalue weighted by Gasteiger charge is 2.33. The Morgan fingerprint density at radius 1 is 1.27 bits per heavy atom. The number of amides is 1. The summed E-state index contributed by atoms with van der Waals surface area (Å²) in [4.78, 5) is 15.4. The van der Waals surface area contributed by atoms with Crippen LogP contribution in [0.4, 0.5) is 5.00 Å². The van der Waals surface area contributed by atoms with Crippen molar-refractivity contribution in [3.8, 4) is 5.75 Å². The molecule has 4 N–H and O–H groups in total. The standard InChI is InChI=1S/C16H17N3O2S/c1-19-7-6-11-12(8-19)22-16-13(11)15(21)17-14(18-16)9-2-4-10(20)5-3-9/h2-5,14,18,20H,6-8H2,1H3,(H,17,21)/p+1/t14-/m1/s1. The minimum absolute atomic E-state index is 0.00359. The van der Waals surface area contributed by atoms with Gasteiger partial charge in [-0.15, -0.1) is 11.3 Å². The molecular weight excluding hydrogens is 298 g/mol. The average Bonchev–Trinajstić information content (AvgIpc) is 2.85. The summed E-state index contributed by atoms with van der Waals surface area (Å²) in [5.41, 5.74) is 2.99. The first kappa shape index (κ1) is 13.6. The Bertz CT molecular complexity index is 739. The lowest BCUT2D eigenvalue weighted by atomic mass is 10.0. The second kappa shape index (κ2) is 5.00. The molecule has 3 heterocycles. The Balaban J connectivity index is 1.69. The smallest absolute Gasteiger partial charge is 0.256 e. The molecule has 5 nitrogen and oxygen atoms in total. The quantitative estimate of drug-likeness (QED) is 0.631. The summed E-state index contributed by atoms with van der Waals surface area (Å²) in [5.74, 6) is 0.230. The molecule has 1 aromatic heterocycles. The zero-order valence-corrected chi connectivity index (χ0v) is 13.1. The summed E-state index contributed by atoms with van der Waals surface area (Å²) in [7, 11) is 2.19. The number of nitrogens with one attached hydrogen (secondary N) is 3. The number of aromatic hydroxyl groups is 1. The number of hydrogen-bond donors (Lipinski definition) is 4. The minimum Gasteiger partial charge on any atom is -0.508 e. The van der Waals surface area contributed by atoms with E-state index in [1.54, 1.807) is 23.5 Å². The maximum atomic E-state index is 12.6. The van der Waals surface area contributed by atoms with Gasteiger partial charge in [0.05, 0.1) is 24.0 Å². The van der Waals surface area contributed by atoms with Gasteiger partial charge in [-0.2, -0.15) is 0 Å². The van der Waals surface area contributed by atoms with Gasteiger partial charge < -0.3 is 20.6 Å². The van der Waals surface area contributed by atoms with E-state index in [0.29, 0.717) is 0 Å². The summed E-state index contributed by atoms with van der Waals surface area (Å²) < 4.78 is 0. The molecule has 1 unspecified atom stereocenters. The molecule has 22 heavy (non-hydrogen) atoms. The van der Waals surface area contributed by atoms with Crippen molar-refractivity contribution in [1.29, 1.82) is 0 Å². The van der Waals surface area contributed by atoms with E-state index in [4.69, 9.17) is 0 Å². The van der Waals surface area contributed by atoms with E-state index in [2.05, 4.69) is 17.7 Å². The Labute approximate surface area is 132 Å². The van der Waals surface area contributed by atoms with Crippen molar-refractivity contribution in [3.63, 3.8) is 0 Å². The maximum Gasteiger partial charge on any atom is 0.256 e. The van der Waals surface area contributed by atoms with Gasteiger partial charge in [-0.1, -0.05) is 12.1 Å². The molecule has 0 radical (unpaired) electrons. The highest BCUT2D eigenvalue weighted by Crippen LogP contribution is 2.39. The Morgan fingerprint density at radius 3 is 2.82 bits per heavy atom. The monoisotopic (exact) mass is 316 g/mol. The highest BCUT2D eigenvalue weighted by molar-refractivity contribution is 7.16. The molecule has 1 aromatic carbocycles. The van der Waals surface area contributed by atoms with Crippen LogP contribution < -0.4 is 15.5 Å². The van der Waals surface area contributed by atoms with E-state index in [1.165, 1.54) is 15.3 Å². The molecule has 2 aliphatic heterocycles. The molecule has 4 rings (SSSR count). The molecule has 114 valence electrons. The topological polar surface area (TPSA) is 65.8 Å². The van der Waals surface area contributed by atoms with Crippen LogP contribution in [0.2, 0.25) is 0 Å². The lowest BCUT2D eigenvalue weighted by molar-refractivity contribution is -0.895. The van der Waals surface area contributed by atoms with Crippen molar-refractivity contribution in [2.24, 2.45) is 0 Å². The fourth-order valence-corrected chi connectivity index (χ4v) is 4.55. The Kier molecular flexibility index (Phi) is 3.09. The first-order valence-corrected chi connectivity index (χ1v) is 8.25. The maximum absolute atomic E-state index is 12.6. The third kappa shape index (κ3) is 2.15. The van der Waals surface area contributed by atoms with Crippen LogP contribution in [0.25, 0.3) is 0 Å². The second-order valence-corrected chi connectivity index (χ2v) is 7.09. The number of thiophene rings is 1. The number of anilines is 1. The van der Waals surface area contributed by atoms with Crippen LogP contribution in [0.3, 0.4) is 0 Å². The van der Waals surface area contributed by atoms with Crippen LogP contribution in [0.5, 0.6) is 5.75 Å². The predicted octanol–water partition coefficient (Wildman–Crippen LogP) is 0.879. The van der Waals surface area contributed by atoms with Gasteiger partial charge in [0, 0.05) is 6.42 Å². The number of quaternary nitrogens is 1. The molecule has 0 fully saturated rings. The highest BCUT2D eigenvalue weighted by atomic mass is 32.1. The van der Waals surface area contributed by atoms with Crippen molar-refractivity contribution in [3.05, 3.63) is 45.8 Å². The number of hydrogen-bond acceptors (Lipinski definition) is 4. The summed E-state index contributed by atoms with van der Waals surface area (Å²) >= 11 is 1.70. The van der Waals surface area contributed by atoms with Crippen LogP contribution in [0, 0.1) is 0 Å². The lowest BCUT2D eigenvalue weighted by Crippen LogP contribution is -3.08. The number of rotatable bonds is 1. The van der Waals surface area contributed by atoms with Crippen LogP contribution in [-0.2, 0) is 13.0 Å². The number of benzene rings is 1. The van der Waals surface area contributed by atoms with Crippen molar-refractivity contribution < 1.29 is 14.8 Å². The summed E-state index contributed by atoms with van der Waals surface area (Å²) in [6.45, 7) is 2.07. The first-order valence-electron chi connectivity index (χ1n) is 7.44. The van der Waals surface area contributed by atoms with Gasteiger partial charge in [-0.25, -0.2) is 0 Å². The van der Waals surface area contributed by atoms with E-state index < -0.39 is 0 Å². The number of phenols is 1. The van der Waals surface area contributed by atoms with Gasteiger partial charge in [0.15, 0.2) is 0 Å². The molecule has 0 bridgehead atoms. The number of carbonyl (C=O) groups excluding carboxylic acids is 1. The van der Waals surface area contributed by atoms with Gasteiger partial charge in [0.25, 0.3) is 5.91 Å². The number of carbonyl (C=O) groups is 1.